The van der Waals surface area contributed by atoms with Gasteiger partial charge in [0.2, 0.25) is 0 Å². The van der Waals surface area contributed by atoms with Gasteiger partial charge >= 0.3 is 0 Å². The van der Waals surface area contributed by atoms with Crippen molar-refractivity contribution in [3.63, 3.8) is 0 Å². The fourth-order valence-corrected chi connectivity index (χ4v) is 1.78. The number of hydrogen-bond acceptors (Lipinski definition) is 3. The molecule has 20 heavy (non-hydrogen) atoms. The van der Waals surface area contributed by atoms with Gasteiger partial charge in [-0.3, -0.25) is 0 Å². The topological polar surface area (TPSA) is 45.4 Å². The lowest BCUT2D eigenvalue weighted by Gasteiger charge is -2.00. The molecule has 0 N–H and O–H groups in total. The van der Waals surface area contributed by atoms with E-state index in [-0.39, 0.29) is 0 Å². The Labute approximate surface area is 119 Å². The van der Waals surface area contributed by atoms with Crippen LogP contribution < -0.4 is 0 Å². The second-order valence-corrected chi connectivity index (χ2v) is 4.34. The first kappa shape index (κ1) is 13.8. The van der Waals surface area contributed by atoms with Crippen molar-refractivity contribution in [2.24, 2.45) is 5.16 Å². The van der Waals surface area contributed by atoms with E-state index < -0.39 is 0 Å². The van der Waals surface area contributed by atoms with E-state index in [1.165, 1.54) is 5.56 Å². The lowest BCUT2D eigenvalue weighted by atomic mass is 10.1. The van der Waals surface area contributed by atoms with Crippen LogP contribution in [0.2, 0.25) is 0 Å². The SMILES string of the molecule is CCc1cccc(/[C]=N\OCc2cccc(C#N)c2)c1. The summed E-state index contributed by atoms with van der Waals surface area (Å²) in [6, 6.07) is 17.4. The van der Waals surface area contributed by atoms with Gasteiger partial charge in [0, 0.05) is 5.56 Å². The van der Waals surface area contributed by atoms with Crippen LogP contribution >= 0.6 is 0 Å². The molecule has 0 fully saturated rings. The van der Waals surface area contributed by atoms with E-state index in [4.69, 9.17) is 10.1 Å². The van der Waals surface area contributed by atoms with Crippen LogP contribution in [0.15, 0.2) is 53.7 Å². The minimum atomic E-state index is 0.329. The highest BCUT2D eigenvalue weighted by atomic mass is 16.6. The molecule has 0 aliphatic heterocycles. The summed E-state index contributed by atoms with van der Waals surface area (Å²) in [5.41, 5.74) is 3.67. The molecule has 0 amide bonds. The minimum Gasteiger partial charge on any atom is -0.390 e. The van der Waals surface area contributed by atoms with E-state index in [2.05, 4.69) is 30.4 Å². The number of benzene rings is 2. The van der Waals surface area contributed by atoms with Crippen molar-refractivity contribution in [3.05, 3.63) is 70.8 Å². The molecule has 2 aromatic carbocycles. The standard InChI is InChI=1S/C17H15N2O/c1-2-14-5-3-7-16(9-14)12-19-20-13-17-8-4-6-15(10-17)11-18/h3-10H,2,13H2,1H3. The summed E-state index contributed by atoms with van der Waals surface area (Å²) in [5, 5.41) is 12.6. The van der Waals surface area contributed by atoms with Crippen molar-refractivity contribution in [2.45, 2.75) is 20.0 Å². The predicted molar refractivity (Wildman–Crippen MR) is 78.3 cm³/mol. The van der Waals surface area contributed by atoms with Crippen molar-refractivity contribution in [2.75, 3.05) is 0 Å². The third-order valence-electron chi connectivity index (χ3n) is 2.86. The highest BCUT2D eigenvalue weighted by Crippen LogP contribution is 2.06. The Morgan fingerprint density at radius 3 is 2.50 bits per heavy atom. The van der Waals surface area contributed by atoms with Gasteiger partial charge < -0.3 is 4.84 Å². The number of nitriles is 1. The van der Waals surface area contributed by atoms with Crippen molar-refractivity contribution in [1.29, 1.82) is 5.26 Å². The van der Waals surface area contributed by atoms with Crippen LogP contribution in [-0.2, 0) is 17.9 Å². The normalized spacial score (nSPS) is 10.4. The molecule has 0 heterocycles. The Balaban J connectivity index is 1.91. The molecule has 0 bridgehead atoms. The van der Waals surface area contributed by atoms with Crippen LogP contribution in [0, 0.1) is 11.3 Å². The Morgan fingerprint density at radius 1 is 1.05 bits per heavy atom. The molecule has 1 radical (unpaired) electrons. The molecule has 0 aromatic heterocycles. The molecule has 0 unspecified atom stereocenters. The first-order chi connectivity index (χ1) is 9.81. The summed E-state index contributed by atoms with van der Waals surface area (Å²) in [4.78, 5) is 5.20. The maximum Gasteiger partial charge on any atom is 0.142 e. The molecule has 0 saturated carbocycles. The van der Waals surface area contributed by atoms with Crippen molar-refractivity contribution in [3.8, 4) is 6.07 Å². The monoisotopic (exact) mass is 263 g/mol. The number of rotatable bonds is 5. The highest BCUT2D eigenvalue weighted by molar-refractivity contribution is 5.79. The third-order valence-corrected chi connectivity index (χ3v) is 2.86. The van der Waals surface area contributed by atoms with E-state index in [1.807, 2.05) is 30.3 Å². The first-order valence-corrected chi connectivity index (χ1v) is 6.48. The Morgan fingerprint density at radius 2 is 1.75 bits per heavy atom. The van der Waals surface area contributed by atoms with E-state index in [9.17, 15) is 0 Å². The second-order valence-electron chi connectivity index (χ2n) is 4.34. The summed E-state index contributed by atoms with van der Waals surface area (Å²) in [5.74, 6) is 0. The first-order valence-electron chi connectivity index (χ1n) is 6.48. The molecule has 0 aliphatic carbocycles. The number of hydrogen-bond donors (Lipinski definition) is 0. The maximum atomic E-state index is 8.81. The van der Waals surface area contributed by atoms with Gasteiger partial charge in [-0.2, -0.15) is 5.26 Å². The molecular formula is C17H15N2O. The fraction of sp³-hybridized carbons (Fsp3) is 0.176. The van der Waals surface area contributed by atoms with Crippen LogP contribution in [0.25, 0.3) is 0 Å². The van der Waals surface area contributed by atoms with Crippen LogP contribution in [0.1, 0.15) is 29.2 Å². The van der Waals surface area contributed by atoms with E-state index in [1.54, 1.807) is 12.1 Å². The van der Waals surface area contributed by atoms with Crippen molar-refractivity contribution >= 4 is 6.21 Å². The quantitative estimate of drug-likeness (QED) is 0.611. The molecule has 0 saturated heterocycles. The summed E-state index contributed by atoms with van der Waals surface area (Å²) in [6.45, 7) is 2.44. The number of nitrogens with zero attached hydrogens (tertiary/aromatic N) is 2. The zero-order valence-corrected chi connectivity index (χ0v) is 11.3. The maximum absolute atomic E-state index is 8.81. The minimum absolute atomic E-state index is 0.329. The van der Waals surface area contributed by atoms with Gasteiger partial charge in [0.15, 0.2) is 0 Å². The summed E-state index contributed by atoms with van der Waals surface area (Å²) < 4.78 is 0. The Kier molecular flexibility index (Phi) is 4.91. The summed E-state index contributed by atoms with van der Waals surface area (Å²) >= 11 is 0. The van der Waals surface area contributed by atoms with Crippen LogP contribution in [0.4, 0.5) is 0 Å². The molecular weight excluding hydrogens is 248 g/mol. The van der Waals surface area contributed by atoms with Crippen LogP contribution in [0.5, 0.6) is 0 Å². The van der Waals surface area contributed by atoms with Gasteiger partial charge in [0.25, 0.3) is 0 Å². The summed E-state index contributed by atoms with van der Waals surface area (Å²) in [6.07, 6.45) is 3.84. The summed E-state index contributed by atoms with van der Waals surface area (Å²) in [7, 11) is 0. The molecule has 2 rings (SSSR count). The average Bonchev–Trinajstić information content (AvgIpc) is 2.52. The van der Waals surface area contributed by atoms with Crippen molar-refractivity contribution < 1.29 is 4.84 Å². The smallest absolute Gasteiger partial charge is 0.142 e. The zero-order chi connectivity index (χ0) is 14.2. The lowest BCUT2D eigenvalue weighted by Crippen LogP contribution is -1.90. The average molecular weight is 263 g/mol. The Bertz CT molecular complexity index is 641. The Hall–Kier alpha value is -2.60. The fourth-order valence-electron chi connectivity index (χ4n) is 1.78. The van der Waals surface area contributed by atoms with Gasteiger partial charge in [-0.1, -0.05) is 42.4 Å². The highest BCUT2D eigenvalue weighted by Gasteiger charge is 1.96. The number of aryl methyl sites for hydroxylation is 1. The third kappa shape index (κ3) is 3.96. The van der Waals surface area contributed by atoms with Crippen molar-refractivity contribution in [1.82, 2.24) is 0 Å². The molecule has 2 aromatic rings. The van der Waals surface area contributed by atoms with Gasteiger partial charge in [0.05, 0.1) is 11.6 Å². The van der Waals surface area contributed by atoms with E-state index in [0.717, 1.165) is 17.5 Å². The van der Waals surface area contributed by atoms with Gasteiger partial charge in [-0.15, -0.1) is 0 Å². The van der Waals surface area contributed by atoms with E-state index in [0.29, 0.717) is 12.2 Å². The zero-order valence-electron chi connectivity index (χ0n) is 11.3. The van der Waals surface area contributed by atoms with E-state index >= 15 is 0 Å². The molecule has 0 spiro atoms. The lowest BCUT2D eigenvalue weighted by molar-refractivity contribution is 0.132. The largest absolute Gasteiger partial charge is 0.390 e. The van der Waals surface area contributed by atoms with Crippen LogP contribution in [-0.4, -0.2) is 6.21 Å². The molecule has 0 aliphatic rings. The molecule has 3 heteroatoms. The molecule has 3 nitrogen and oxygen atoms in total. The molecule has 0 atom stereocenters. The molecule has 99 valence electrons. The van der Waals surface area contributed by atoms with Gasteiger partial charge in [-0.25, -0.2) is 0 Å². The van der Waals surface area contributed by atoms with Gasteiger partial charge in [-0.05, 0) is 35.7 Å². The predicted octanol–water partition coefficient (Wildman–Crippen LogP) is 3.55. The second kappa shape index (κ2) is 7.10. The van der Waals surface area contributed by atoms with Gasteiger partial charge in [0.1, 0.15) is 12.8 Å². The van der Waals surface area contributed by atoms with Crippen LogP contribution in [0.3, 0.4) is 0 Å².